The fraction of sp³-hybridized carbons (Fsp3) is 0.286. The lowest BCUT2D eigenvalue weighted by molar-refractivity contribution is -0.152. The average molecular weight is 424 g/mol. The van der Waals surface area contributed by atoms with E-state index in [0.29, 0.717) is 5.02 Å². The van der Waals surface area contributed by atoms with Crippen molar-refractivity contribution in [3.63, 3.8) is 0 Å². The molecule has 4 nitrogen and oxygen atoms in total. The normalized spacial score (nSPS) is 15.3. The SMILES string of the molecule is O=c1c(-c2ccc(Cl)cc2)c(C(F)(F)F)oc2c(CN3CCCC3)c(O)ccc12. The van der Waals surface area contributed by atoms with Gasteiger partial charge in [0, 0.05) is 11.6 Å². The third-order valence-corrected chi connectivity index (χ3v) is 5.36. The van der Waals surface area contributed by atoms with Crippen LogP contribution in [0.15, 0.2) is 45.6 Å². The largest absolute Gasteiger partial charge is 0.507 e. The minimum atomic E-state index is -4.89. The van der Waals surface area contributed by atoms with Crippen LogP contribution in [-0.4, -0.2) is 23.1 Å². The predicted octanol–water partition coefficient (Wildman–Crippen LogP) is 5.43. The van der Waals surface area contributed by atoms with Crippen molar-refractivity contribution in [3.8, 4) is 16.9 Å². The number of fused-ring (bicyclic) bond motifs is 1. The second-order valence-electron chi connectivity index (χ2n) is 7.06. The molecule has 1 N–H and O–H groups in total. The van der Waals surface area contributed by atoms with Crippen molar-refractivity contribution in [3.05, 3.63) is 63.0 Å². The summed E-state index contributed by atoms with van der Waals surface area (Å²) < 4.78 is 46.8. The van der Waals surface area contributed by atoms with Crippen LogP contribution >= 0.6 is 11.6 Å². The van der Waals surface area contributed by atoms with E-state index in [2.05, 4.69) is 0 Å². The third kappa shape index (κ3) is 3.72. The van der Waals surface area contributed by atoms with Crippen molar-refractivity contribution in [2.24, 2.45) is 0 Å². The van der Waals surface area contributed by atoms with Crippen molar-refractivity contribution >= 4 is 22.6 Å². The van der Waals surface area contributed by atoms with Gasteiger partial charge in [-0.05, 0) is 55.8 Å². The van der Waals surface area contributed by atoms with E-state index in [-0.39, 0.29) is 34.4 Å². The molecule has 1 aliphatic heterocycles. The lowest BCUT2D eigenvalue weighted by Crippen LogP contribution is -2.20. The van der Waals surface area contributed by atoms with Crippen LogP contribution in [0.5, 0.6) is 5.75 Å². The van der Waals surface area contributed by atoms with Gasteiger partial charge >= 0.3 is 6.18 Å². The van der Waals surface area contributed by atoms with Crippen LogP contribution in [0, 0.1) is 0 Å². The number of phenols is 1. The summed E-state index contributed by atoms with van der Waals surface area (Å²) >= 11 is 5.83. The van der Waals surface area contributed by atoms with Crippen molar-refractivity contribution in [1.29, 1.82) is 0 Å². The molecule has 2 aromatic carbocycles. The van der Waals surface area contributed by atoms with E-state index in [1.165, 1.54) is 36.4 Å². The van der Waals surface area contributed by atoms with E-state index in [9.17, 15) is 23.1 Å². The van der Waals surface area contributed by atoms with Crippen molar-refractivity contribution in [2.75, 3.05) is 13.1 Å². The van der Waals surface area contributed by atoms with Crippen molar-refractivity contribution in [2.45, 2.75) is 25.6 Å². The number of rotatable bonds is 3. The summed E-state index contributed by atoms with van der Waals surface area (Å²) in [5, 5.41) is 10.6. The van der Waals surface area contributed by atoms with Gasteiger partial charge in [-0.25, -0.2) is 0 Å². The van der Waals surface area contributed by atoms with E-state index < -0.39 is 22.9 Å². The Balaban J connectivity index is 2.00. The van der Waals surface area contributed by atoms with Gasteiger partial charge in [-0.1, -0.05) is 23.7 Å². The number of phenolic OH excluding ortho intramolecular Hbond substituents is 1. The molecule has 29 heavy (non-hydrogen) atoms. The number of alkyl halides is 3. The maximum atomic E-state index is 13.8. The molecule has 3 aromatic rings. The van der Waals surface area contributed by atoms with Crippen LogP contribution < -0.4 is 5.43 Å². The number of aromatic hydroxyl groups is 1. The summed E-state index contributed by atoms with van der Waals surface area (Å²) in [4.78, 5) is 15.1. The van der Waals surface area contributed by atoms with Gasteiger partial charge in [0.25, 0.3) is 0 Å². The molecule has 4 rings (SSSR count). The molecule has 0 aliphatic carbocycles. The maximum absolute atomic E-state index is 13.8. The smallest absolute Gasteiger partial charge is 0.450 e. The first-order valence-corrected chi connectivity index (χ1v) is 9.50. The summed E-state index contributed by atoms with van der Waals surface area (Å²) in [5.74, 6) is -1.58. The second-order valence-corrected chi connectivity index (χ2v) is 7.50. The summed E-state index contributed by atoms with van der Waals surface area (Å²) in [6, 6.07) is 8.14. The maximum Gasteiger partial charge on any atom is 0.450 e. The topological polar surface area (TPSA) is 53.7 Å². The predicted molar refractivity (Wildman–Crippen MR) is 104 cm³/mol. The van der Waals surface area contributed by atoms with Crippen LogP contribution in [0.3, 0.4) is 0 Å². The average Bonchev–Trinajstić information content (AvgIpc) is 3.17. The Kier molecular flexibility index (Phi) is 5.04. The first-order chi connectivity index (χ1) is 13.8. The van der Waals surface area contributed by atoms with Crippen LogP contribution in [0.25, 0.3) is 22.1 Å². The molecule has 0 spiro atoms. The molecule has 0 unspecified atom stereocenters. The number of hydrogen-bond donors (Lipinski definition) is 1. The van der Waals surface area contributed by atoms with Crippen LogP contribution in [-0.2, 0) is 12.7 Å². The van der Waals surface area contributed by atoms with Crippen LogP contribution in [0.1, 0.15) is 24.2 Å². The van der Waals surface area contributed by atoms with E-state index in [0.717, 1.165) is 25.9 Å². The molecule has 1 aliphatic rings. The van der Waals surface area contributed by atoms with Gasteiger partial charge in [-0.2, -0.15) is 13.2 Å². The number of halogens is 4. The molecule has 0 bridgehead atoms. The molecule has 1 fully saturated rings. The van der Waals surface area contributed by atoms with Gasteiger partial charge in [0.1, 0.15) is 11.3 Å². The third-order valence-electron chi connectivity index (χ3n) is 5.11. The summed E-state index contributed by atoms with van der Waals surface area (Å²) in [6.07, 6.45) is -2.94. The van der Waals surface area contributed by atoms with E-state index in [1.807, 2.05) is 4.90 Å². The first kappa shape index (κ1) is 19.8. The molecule has 1 aromatic heterocycles. The Morgan fingerprint density at radius 1 is 1.07 bits per heavy atom. The van der Waals surface area contributed by atoms with Gasteiger partial charge in [0.2, 0.25) is 11.2 Å². The number of nitrogens with zero attached hydrogens (tertiary/aromatic N) is 1. The molecule has 0 radical (unpaired) electrons. The molecule has 8 heteroatoms. The zero-order chi connectivity index (χ0) is 20.8. The van der Waals surface area contributed by atoms with Gasteiger partial charge in [-0.3, -0.25) is 9.69 Å². The zero-order valence-corrected chi connectivity index (χ0v) is 16.0. The van der Waals surface area contributed by atoms with E-state index in [4.69, 9.17) is 16.0 Å². The molecule has 2 heterocycles. The molecule has 0 amide bonds. The van der Waals surface area contributed by atoms with Crippen LogP contribution in [0.2, 0.25) is 5.02 Å². The zero-order valence-electron chi connectivity index (χ0n) is 15.2. The van der Waals surface area contributed by atoms with E-state index in [1.54, 1.807) is 0 Å². The molecule has 1 saturated heterocycles. The highest BCUT2D eigenvalue weighted by Crippen LogP contribution is 2.39. The van der Waals surface area contributed by atoms with Gasteiger partial charge in [0.15, 0.2) is 0 Å². The number of hydrogen-bond acceptors (Lipinski definition) is 4. The quantitative estimate of drug-likeness (QED) is 0.610. The summed E-state index contributed by atoms with van der Waals surface area (Å²) in [6.45, 7) is 1.76. The molecule has 152 valence electrons. The Morgan fingerprint density at radius 3 is 2.34 bits per heavy atom. The van der Waals surface area contributed by atoms with Crippen molar-refractivity contribution < 1.29 is 22.7 Å². The Labute approximate surface area is 169 Å². The number of likely N-dealkylation sites (tertiary alicyclic amines) is 1. The fourth-order valence-corrected chi connectivity index (χ4v) is 3.83. The van der Waals surface area contributed by atoms with Gasteiger partial charge < -0.3 is 9.52 Å². The molecular weight excluding hydrogens is 407 g/mol. The lowest BCUT2D eigenvalue weighted by Gasteiger charge is -2.18. The Morgan fingerprint density at radius 2 is 1.72 bits per heavy atom. The Hall–Kier alpha value is -2.51. The Bertz CT molecular complexity index is 1120. The highest BCUT2D eigenvalue weighted by atomic mass is 35.5. The van der Waals surface area contributed by atoms with Gasteiger partial charge in [-0.15, -0.1) is 0 Å². The fourth-order valence-electron chi connectivity index (χ4n) is 3.70. The van der Waals surface area contributed by atoms with Gasteiger partial charge in [0.05, 0.1) is 16.5 Å². The number of benzene rings is 2. The minimum Gasteiger partial charge on any atom is -0.507 e. The standard InChI is InChI=1S/C21H17ClF3NO3/c22-13-5-3-12(4-6-13)17-18(28)14-7-8-16(27)15(11-26-9-1-2-10-26)19(14)29-20(17)21(23,24)25/h3-8,27H,1-2,9-11H2. The highest BCUT2D eigenvalue weighted by molar-refractivity contribution is 6.30. The van der Waals surface area contributed by atoms with E-state index >= 15 is 0 Å². The lowest BCUT2D eigenvalue weighted by atomic mass is 10.00. The summed E-state index contributed by atoms with van der Waals surface area (Å²) in [5.41, 5.74) is -1.35. The monoisotopic (exact) mass is 423 g/mol. The van der Waals surface area contributed by atoms with Crippen molar-refractivity contribution in [1.82, 2.24) is 4.90 Å². The summed E-state index contributed by atoms with van der Waals surface area (Å²) in [7, 11) is 0. The molecule has 0 saturated carbocycles. The molecule has 0 atom stereocenters. The minimum absolute atomic E-state index is 0.00468. The molecular formula is C21H17ClF3NO3. The first-order valence-electron chi connectivity index (χ1n) is 9.13. The van der Waals surface area contributed by atoms with Crippen LogP contribution in [0.4, 0.5) is 13.2 Å². The second kappa shape index (κ2) is 7.39. The highest BCUT2D eigenvalue weighted by Gasteiger charge is 2.40.